The minimum Gasteiger partial charge on any atom is -0.394 e. The van der Waals surface area contributed by atoms with Crippen molar-refractivity contribution in [1.29, 1.82) is 0 Å². The van der Waals surface area contributed by atoms with Crippen molar-refractivity contribution in [3.8, 4) is 0 Å². The molecule has 0 aliphatic heterocycles. The van der Waals surface area contributed by atoms with Crippen LogP contribution in [-0.2, 0) is 12.7 Å². The molecule has 0 atom stereocenters. The molecule has 102 valence electrons. The van der Waals surface area contributed by atoms with E-state index >= 15 is 0 Å². The van der Waals surface area contributed by atoms with Gasteiger partial charge in [0.2, 0.25) is 0 Å². The fraction of sp³-hybridized carbons (Fsp3) is 0.538. The summed E-state index contributed by atoms with van der Waals surface area (Å²) in [6.45, 7) is 3.59. The first-order valence-corrected chi connectivity index (χ1v) is 5.65. The minimum atomic E-state index is -4.35. The van der Waals surface area contributed by atoms with Gasteiger partial charge in [-0.2, -0.15) is 13.2 Å². The van der Waals surface area contributed by atoms with Gasteiger partial charge in [0.25, 0.3) is 0 Å². The van der Waals surface area contributed by atoms with Crippen LogP contribution in [0.2, 0.25) is 0 Å². The largest absolute Gasteiger partial charge is 0.416 e. The van der Waals surface area contributed by atoms with Gasteiger partial charge in [-0.05, 0) is 32.5 Å². The van der Waals surface area contributed by atoms with Gasteiger partial charge in [-0.1, -0.05) is 18.2 Å². The molecular weight excluding hydrogens is 243 g/mol. The van der Waals surface area contributed by atoms with Gasteiger partial charge >= 0.3 is 6.18 Å². The van der Waals surface area contributed by atoms with E-state index in [-0.39, 0.29) is 18.7 Å². The quantitative estimate of drug-likeness (QED) is 0.900. The summed E-state index contributed by atoms with van der Waals surface area (Å²) in [6.07, 6.45) is -4.35. The zero-order valence-electron chi connectivity index (χ0n) is 10.8. The summed E-state index contributed by atoms with van der Waals surface area (Å²) in [5.41, 5.74) is -0.960. The topological polar surface area (TPSA) is 23.5 Å². The van der Waals surface area contributed by atoms with Crippen LogP contribution in [0.5, 0.6) is 0 Å². The maximum Gasteiger partial charge on any atom is 0.416 e. The van der Waals surface area contributed by atoms with E-state index in [1.165, 1.54) is 12.1 Å². The Morgan fingerprint density at radius 2 is 1.72 bits per heavy atom. The SMILES string of the molecule is CN(Cc1ccccc1C(F)(F)F)C(C)(C)CO. The third kappa shape index (κ3) is 3.46. The first kappa shape index (κ1) is 15.0. The molecule has 0 aliphatic carbocycles. The van der Waals surface area contributed by atoms with Crippen LogP contribution in [0.1, 0.15) is 25.0 Å². The highest BCUT2D eigenvalue weighted by molar-refractivity contribution is 5.29. The first-order valence-electron chi connectivity index (χ1n) is 5.65. The molecule has 18 heavy (non-hydrogen) atoms. The second-order valence-electron chi connectivity index (χ2n) is 4.98. The van der Waals surface area contributed by atoms with Crippen LogP contribution in [0.25, 0.3) is 0 Å². The Hall–Kier alpha value is -1.07. The Balaban J connectivity index is 2.99. The van der Waals surface area contributed by atoms with Crippen molar-refractivity contribution in [3.63, 3.8) is 0 Å². The van der Waals surface area contributed by atoms with Gasteiger partial charge in [0.1, 0.15) is 0 Å². The van der Waals surface area contributed by atoms with Crippen molar-refractivity contribution < 1.29 is 18.3 Å². The van der Waals surface area contributed by atoms with Gasteiger partial charge in [0.05, 0.1) is 12.2 Å². The molecule has 0 amide bonds. The van der Waals surface area contributed by atoms with E-state index in [0.29, 0.717) is 0 Å². The highest BCUT2D eigenvalue weighted by Gasteiger charge is 2.34. The van der Waals surface area contributed by atoms with Crippen molar-refractivity contribution in [1.82, 2.24) is 4.90 Å². The molecule has 1 rings (SSSR count). The molecule has 0 saturated heterocycles. The van der Waals surface area contributed by atoms with Gasteiger partial charge < -0.3 is 5.11 Å². The lowest BCUT2D eigenvalue weighted by Gasteiger charge is -2.34. The summed E-state index contributed by atoms with van der Waals surface area (Å²) in [6, 6.07) is 5.51. The highest BCUT2D eigenvalue weighted by atomic mass is 19.4. The second kappa shape index (κ2) is 5.28. The Morgan fingerprint density at radius 1 is 1.17 bits per heavy atom. The molecular formula is C13H18F3NO. The lowest BCUT2D eigenvalue weighted by Crippen LogP contribution is -2.43. The monoisotopic (exact) mass is 261 g/mol. The fourth-order valence-electron chi connectivity index (χ4n) is 1.52. The number of aliphatic hydroxyl groups is 1. The van der Waals surface area contributed by atoms with Crippen LogP contribution >= 0.6 is 0 Å². The van der Waals surface area contributed by atoms with Crippen LogP contribution < -0.4 is 0 Å². The van der Waals surface area contributed by atoms with Gasteiger partial charge in [-0.15, -0.1) is 0 Å². The van der Waals surface area contributed by atoms with Gasteiger partial charge in [-0.3, -0.25) is 4.90 Å². The van der Waals surface area contributed by atoms with Gasteiger partial charge in [0, 0.05) is 12.1 Å². The van der Waals surface area contributed by atoms with Crippen molar-refractivity contribution in [2.24, 2.45) is 0 Å². The first-order chi connectivity index (χ1) is 8.18. The summed E-state index contributed by atoms with van der Waals surface area (Å²) in [7, 11) is 1.70. The molecule has 0 spiro atoms. The van der Waals surface area contributed by atoms with Crippen molar-refractivity contribution in [2.45, 2.75) is 32.1 Å². The summed E-state index contributed by atoms with van der Waals surface area (Å²) in [4.78, 5) is 1.71. The molecule has 1 aromatic rings. The molecule has 0 radical (unpaired) electrons. The molecule has 0 heterocycles. The average molecular weight is 261 g/mol. The smallest absolute Gasteiger partial charge is 0.394 e. The molecule has 0 aliphatic rings. The number of aliphatic hydroxyl groups excluding tert-OH is 1. The number of hydrogen-bond donors (Lipinski definition) is 1. The molecule has 1 N–H and O–H groups in total. The van der Waals surface area contributed by atoms with Crippen LogP contribution in [0.15, 0.2) is 24.3 Å². The predicted molar refractivity (Wildman–Crippen MR) is 64.1 cm³/mol. The molecule has 0 unspecified atom stereocenters. The van der Waals surface area contributed by atoms with Crippen LogP contribution in [0.4, 0.5) is 13.2 Å². The van der Waals surface area contributed by atoms with Crippen molar-refractivity contribution in [3.05, 3.63) is 35.4 Å². The van der Waals surface area contributed by atoms with E-state index in [2.05, 4.69) is 0 Å². The summed E-state index contributed by atoms with van der Waals surface area (Å²) in [5, 5.41) is 9.21. The minimum absolute atomic E-state index is 0.113. The number of rotatable bonds is 4. The third-order valence-corrected chi connectivity index (χ3v) is 3.15. The maximum absolute atomic E-state index is 12.8. The Bertz CT molecular complexity index is 401. The van der Waals surface area contributed by atoms with E-state index in [0.717, 1.165) is 6.07 Å². The van der Waals surface area contributed by atoms with Crippen LogP contribution in [0, 0.1) is 0 Å². The molecule has 0 bridgehead atoms. The molecule has 0 saturated carbocycles. The van der Waals surface area contributed by atoms with Crippen LogP contribution in [-0.4, -0.2) is 29.2 Å². The van der Waals surface area contributed by atoms with Gasteiger partial charge in [-0.25, -0.2) is 0 Å². The van der Waals surface area contributed by atoms with Gasteiger partial charge in [0.15, 0.2) is 0 Å². The van der Waals surface area contributed by atoms with E-state index in [1.54, 1.807) is 31.9 Å². The van der Waals surface area contributed by atoms with E-state index in [9.17, 15) is 18.3 Å². The number of halogens is 3. The zero-order chi connectivity index (χ0) is 14.0. The Morgan fingerprint density at radius 3 is 2.22 bits per heavy atom. The number of benzene rings is 1. The lowest BCUT2D eigenvalue weighted by atomic mass is 10.0. The zero-order valence-corrected chi connectivity index (χ0v) is 10.8. The molecule has 0 fully saturated rings. The Kier molecular flexibility index (Phi) is 4.40. The number of likely N-dealkylation sites (N-methyl/N-ethyl adjacent to an activating group) is 1. The summed E-state index contributed by atoms with van der Waals surface area (Å²) >= 11 is 0. The van der Waals surface area contributed by atoms with E-state index in [4.69, 9.17) is 0 Å². The third-order valence-electron chi connectivity index (χ3n) is 3.15. The number of hydrogen-bond acceptors (Lipinski definition) is 2. The number of nitrogens with zero attached hydrogens (tertiary/aromatic N) is 1. The average Bonchev–Trinajstić information content (AvgIpc) is 2.28. The summed E-state index contributed by atoms with van der Waals surface area (Å²) in [5.74, 6) is 0. The molecule has 2 nitrogen and oxygen atoms in total. The van der Waals surface area contributed by atoms with E-state index < -0.39 is 17.3 Å². The molecule has 5 heteroatoms. The maximum atomic E-state index is 12.8. The summed E-state index contributed by atoms with van der Waals surface area (Å²) < 4.78 is 38.4. The second-order valence-corrected chi connectivity index (χ2v) is 4.98. The number of alkyl halides is 3. The van der Waals surface area contributed by atoms with E-state index in [1.807, 2.05) is 0 Å². The van der Waals surface area contributed by atoms with Crippen molar-refractivity contribution >= 4 is 0 Å². The lowest BCUT2D eigenvalue weighted by molar-refractivity contribution is -0.138. The normalized spacial score (nSPS) is 13.1. The van der Waals surface area contributed by atoms with Crippen molar-refractivity contribution in [2.75, 3.05) is 13.7 Å². The predicted octanol–water partition coefficient (Wildman–Crippen LogP) is 2.91. The Labute approximate surface area is 105 Å². The van der Waals surface area contributed by atoms with Crippen LogP contribution in [0.3, 0.4) is 0 Å². The molecule has 1 aromatic carbocycles. The standard InChI is InChI=1S/C13H18F3NO/c1-12(2,9-18)17(3)8-10-6-4-5-7-11(10)13(14,15)16/h4-7,18H,8-9H2,1-3H3. The fourth-order valence-corrected chi connectivity index (χ4v) is 1.52. The highest BCUT2D eigenvalue weighted by Crippen LogP contribution is 2.32. The molecule has 0 aromatic heterocycles.